The van der Waals surface area contributed by atoms with Gasteiger partial charge in [-0.25, -0.2) is 15.0 Å². The van der Waals surface area contributed by atoms with Crippen LogP contribution >= 0.6 is 0 Å². The van der Waals surface area contributed by atoms with Gasteiger partial charge in [0.15, 0.2) is 11.7 Å². The normalized spacial score (nSPS) is 16.5. The van der Waals surface area contributed by atoms with Crippen LogP contribution in [0.15, 0.2) is 122 Å². The summed E-state index contributed by atoms with van der Waals surface area (Å²) < 4.78 is 5.76. The largest absolute Gasteiger partial charge is 0.553 e. The number of piperazine rings is 1. The van der Waals surface area contributed by atoms with E-state index in [0.29, 0.717) is 30.8 Å². The van der Waals surface area contributed by atoms with Crippen LogP contribution in [0.5, 0.6) is 0 Å². The van der Waals surface area contributed by atoms with E-state index in [2.05, 4.69) is 163 Å². The average Bonchev–Trinajstić information content (AvgIpc) is 3.27. The molecule has 61 heavy (non-hydrogen) atoms. The molecule has 1 radical (unpaired) electrons. The van der Waals surface area contributed by atoms with Crippen LogP contribution in [0.1, 0.15) is 64.2 Å². The van der Waals surface area contributed by atoms with E-state index in [-0.39, 0.29) is 11.5 Å². The monoisotopic (exact) mass is 822 g/mol. The zero-order valence-corrected chi connectivity index (χ0v) is 37.6. The lowest BCUT2D eigenvalue weighted by atomic mass is 9.97. The highest BCUT2D eigenvalue weighted by molar-refractivity contribution is 6.29. The number of nitrogens with zero attached hydrogens (tertiary/aromatic N) is 7. The third-order valence-electron chi connectivity index (χ3n) is 10.9. The number of nitrogens with one attached hydrogen (secondary N) is 3. The summed E-state index contributed by atoms with van der Waals surface area (Å²) in [5.41, 5.74) is 12.0. The van der Waals surface area contributed by atoms with Crippen LogP contribution in [0.2, 0.25) is 6.82 Å². The van der Waals surface area contributed by atoms with Crippen molar-refractivity contribution in [3.63, 3.8) is 0 Å². The molecule has 321 valence electrons. The first-order chi connectivity index (χ1) is 29.4. The van der Waals surface area contributed by atoms with E-state index in [1.165, 1.54) is 16.7 Å². The van der Waals surface area contributed by atoms with Crippen molar-refractivity contribution in [2.45, 2.75) is 86.3 Å². The van der Waals surface area contributed by atoms with Crippen LogP contribution in [0.4, 0.5) is 23.0 Å². The zero-order valence-electron chi connectivity index (χ0n) is 37.6. The van der Waals surface area contributed by atoms with Crippen molar-refractivity contribution in [1.29, 1.82) is 0 Å². The van der Waals surface area contributed by atoms with Gasteiger partial charge in [-0.3, -0.25) is 9.89 Å². The molecule has 12 heteroatoms. The fraction of sp³-hybridized carbons (Fsp3) is 0.408. The molecule has 0 bridgehead atoms. The molecule has 0 amide bonds. The minimum atomic E-state index is -0.0231. The summed E-state index contributed by atoms with van der Waals surface area (Å²) in [5.74, 6) is 3.02. The van der Waals surface area contributed by atoms with Gasteiger partial charge in [-0.05, 0) is 79.1 Å². The maximum atomic E-state index is 5.76. The van der Waals surface area contributed by atoms with Crippen molar-refractivity contribution in [3.05, 3.63) is 133 Å². The molecule has 2 saturated heterocycles. The highest BCUT2D eigenvalue weighted by atomic mass is 16.4. The highest BCUT2D eigenvalue weighted by Gasteiger charge is 2.26. The van der Waals surface area contributed by atoms with Crippen LogP contribution in [0.3, 0.4) is 0 Å². The second kappa shape index (κ2) is 22.2. The second-order valence-corrected chi connectivity index (χ2v) is 16.8. The topological polar surface area (TPSA) is 106 Å². The number of aromatic nitrogens is 3. The Bertz CT molecular complexity index is 2120. The minimum Gasteiger partial charge on any atom is -0.553 e. The van der Waals surface area contributed by atoms with Crippen molar-refractivity contribution in [1.82, 2.24) is 30.5 Å². The number of hydrogen-bond donors (Lipinski definition) is 3. The summed E-state index contributed by atoms with van der Waals surface area (Å²) in [5, 5.41) is 10.3. The first-order valence-electron chi connectivity index (χ1n) is 21.5. The van der Waals surface area contributed by atoms with Crippen LogP contribution in [0, 0.1) is 12.3 Å². The molecule has 2 atom stereocenters. The number of rotatable bonds is 15. The number of pyridine rings is 1. The quantitative estimate of drug-likeness (QED) is 0.0354. The molecule has 4 heterocycles. The molecule has 0 aliphatic carbocycles. The van der Waals surface area contributed by atoms with Gasteiger partial charge in [0.1, 0.15) is 18.0 Å². The van der Waals surface area contributed by atoms with Crippen molar-refractivity contribution in [2.24, 2.45) is 10.4 Å². The molecule has 2 unspecified atom stereocenters. The molecular formula is C49H66BN10O. The molecule has 2 aliphatic rings. The average molecular weight is 822 g/mol. The Kier molecular flexibility index (Phi) is 16.9. The number of hydrogen-bond acceptors (Lipinski definition) is 11. The van der Waals surface area contributed by atoms with E-state index < -0.39 is 0 Å². The lowest BCUT2D eigenvalue weighted by Crippen LogP contribution is -2.53. The summed E-state index contributed by atoms with van der Waals surface area (Å²) in [6.45, 7) is 35.2. The van der Waals surface area contributed by atoms with Crippen LogP contribution in [-0.2, 0) is 17.6 Å². The first-order valence-corrected chi connectivity index (χ1v) is 21.5. The third kappa shape index (κ3) is 13.2. The molecule has 4 aromatic rings. The molecule has 2 aliphatic heterocycles. The van der Waals surface area contributed by atoms with Gasteiger partial charge < -0.3 is 30.4 Å². The summed E-state index contributed by atoms with van der Waals surface area (Å²) >= 11 is 0. The standard InChI is InChI=1S/C47H62BN10O.C2H4/c1-10-39-30-56(22-21-36-12-16-40(17-13-36)58-23-20-34(4)54-45(58)11-2)24-25-57(39)41-18-19-43(50-29-41)55-44-27-42(52-32-53-44)37-14-15-38(33(3)26-37)28-49-35(5)46(59-48-9)51-31-47(6,7)8;1-2/h12-19,26-27,29,32,35,39,49,54H,2,4,10,20-25,28,30-31H2,1,3,5-9H3,(H,50,52,53,55);1-2H2. The van der Waals surface area contributed by atoms with Gasteiger partial charge in [0.25, 0.3) is 0 Å². The third-order valence-corrected chi connectivity index (χ3v) is 10.9. The van der Waals surface area contributed by atoms with Gasteiger partial charge in [-0.1, -0.05) is 77.7 Å². The maximum absolute atomic E-state index is 5.76. The fourth-order valence-electron chi connectivity index (χ4n) is 7.46. The molecule has 6 rings (SSSR count). The Morgan fingerprint density at radius 3 is 2.46 bits per heavy atom. The van der Waals surface area contributed by atoms with Crippen LogP contribution < -0.4 is 25.8 Å². The van der Waals surface area contributed by atoms with Gasteiger partial charge in [0.05, 0.1) is 23.6 Å². The Morgan fingerprint density at radius 1 is 1.02 bits per heavy atom. The van der Waals surface area contributed by atoms with Gasteiger partial charge >= 0.3 is 7.48 Å². The summed E-state index contributed by atoms with van der Waals surface area (Å²) in [4.78, 5) is 26.0. The zero-order chi connectivity index (χ0) is 43.9. The minimum absolute atomic E-state index is 0.0231. The fourth-order valence-corrected chi connectivity index (χ4v) is 7.46. The molecule has 2 fully saturated rings. The van der Waals surface area contributed by atoms with E-state index >= 15 is 0 Å². The Balaban J connectivity index is 0.00000347. The Morgan fingerprint density at radius 2 is 1.79 bits per heavy atom. The lowest BCUT2D eigenvalue weighted by Gasteiger charge is -2.42. The molecule has 3 N–H and O–H groups in total. The van der Waals surface area contributed by atoms with E-state index in [4.69, 9.17) is 14.6 Å². The molecule has 2 aromatic heterocycles. The molecular weight excluding hydrogens is 755 g/mol. The number of aliphatic imine (C=N–C) groups is 1. The smallest absolute Gasteiger partial charge is 0.368 e. The summed E-state index contributed by atoms with van der Waals surface area (Å²) in [6.07, 6.45) is 6.58. The lowest BCUT2D eigenvalue weighted by molar-refractivity contribution is 0.222. The summed E-state index contributed by atoms with van der Waals surface area (Å²) in [6, 6.07) is 21.9. The van der Waals surface area contributed by atoms with Crippen molar-refractivity contribution < 1.29 is 4.65 Å². The molecule has 2 aromatic carbocycles. The van der Waals surface area contributed by atoms with E-state index in [1.807, 2.05) is 25.2 Å². The van der Waals surface area contributed by atoms with Gasteiger partial charge in [-0.2, -0.15) is 0 Å². The Labute approximate surface area is 366 Å². The second-order valence-electron chi connectivity index (χ2n) is 16.8. The SMILES string of the molecule is C=C.C=C=C1NC(=C)CCN1c1ccc(CCN2CCN(c3ccc(Nc4cc(-c5ccc(CNC(C)C(=NCC(C)(C)C)O[B]C)c(C)c5)ncn4)nc3)C(CC)C2)cc1. The predicted molar refractivity (Wildman–Crippen MR) is 257 cm³/mol. The van der Waals surface area contributed by atoms with Crippen molar-refractivity contribution >= 4 is 36.4 Å². The van der Waals surface area contributed by atoms with E-state index in [1.54, 1.807) is 13.8 Å². The number of anilines is 4. The summed E-state index contributed by atoms with van der Waals surface area (Å²) in [7, 11) is 1.69. The van der Waals surface area contributed by atoms with Crippen molar-refractivity contribution in [2.75, 3.05) is 54.4 Å². The number of aryl methyl sites for hydroxylation is 1. The predicted octanol–water partition coefficient (Wildman–Crippen LogP) is 9.08. The van der Waals surface area contributed by atoms with E-state index in [9.17, 15) is 0 Å². The van der Waals surface area contributed by atoms with Gasteiger partial charge in [0.2, 0.25) is 0 Å². The van der Waals surface area contributed by atoms with Crippen LogP contribution in [0.25, 0.3) is 11.3 Å². The molecule has 11 nitrogen and oxygen atoms in total. The van der Waals surface area contributed by atoms with Gasteiger partial charge in [-0.15, -0.1) is 13.2 Å². The van der Waals surface area contributed by atoms with Crippen molar-refractivity contribution in [3.8, 4) is 11.3 Å². The molecule has 0 spiro atoms. The first kappa shape index (κ1) is 46.4. The van der Waals surface area contributed by atoms with E-state index in [0.717, 1.165) is 92.0 Å². The number of benzene rings is 2. The highest BCUT2D eigenvalue weighted by Crippen LogP contribution is 2.27. The Hall–Kier alpha value is -5.68. The maximum Gasteiger partial charge on any atom is 0.368 e. The van der Waals surface area contributed by atoms with Gasteiger partial charge in [0, 0.05) is 81.3 Å². The van der Waals surface area contributed by atoms with Crippen LogP contribution in [-0.4, -0.2) is 84.6 Å². The molecule has 0 saturated carbocycles.